The molecule has 0 radical (unpaired) electrons. The van der Waals surface area contributed by atoms with Gasteiger partial charge >= 0.3 is 18.1 Å². The summed E-state index contributed by atoms with van der Waals surface area (Å²) in [4.78, 5) is 42.0. The Kier molecular flexibility index (Phi) is 6.24. The van der Waals surface area contributed by atoms with E-state index >= 15 is 0 Å². The Morgan fingerprint density at radius 2 is 1.80 bits per heavy atom. The molecule has 0 spiro atoms. The number of benzene rings is 1. The van der Waals surface area contributed by atoms with Crippen LogP contribution < -0.4 is 4.90 Å². The van der Waals surface area contributed by atoms with Gasteiger partial charge in [0.1, 0.15) is 5.60 Å². The van der Waals surface area contributed by atoms with Crippen molar-refractivity contribution in [1.82, 2.24) is 9.80 Å². The molecule has 0 aromatic heterocycles. The highest BCUT2D eigenvalue weighted by atomic mass is 16.6. The first-order chi connectivity index (χ1) is 14.1. The molecule has 8 nitrogen and oxygen atoms in total. The van der Waals surface area contributed by atoms with E-state index in [0.717, 1.165) is 11.3 Å². The van der Waals surface area contributed by atoms with Crippen molar-refractivity contribution < 1.29 is 23.9 Å². The summed E-state index contributed by atoms with van der Waals surface area (Å²) in [6.07, 6.45) is -0.0218. The molecule has 3 rings (SSSR count). The number of hydrogen-bond acceptors (Lipinski definition) is 5. The Morgan fingerprint density at radius 3 is 2.40 bits per heavy atom. The summed E-state index contributed by atoms with van der Waals surface area (Å²) in [6.45, 7) is 9.45. The van der Waals surface area contributed by atoms with Gasteiger partial charge in [0.05, 0.1) is 19.6 Å². The van der Waals surface area contributed by atoms with Crippen molar-refractivity contribution in [1.29, 1.82) is 0 Å². The molecule has 0 saturated carbocycles. The fourth-order valence-electron chi connectivity index (χ4n) is 3.85. The monoisotopic (exact) mass is 417 g/mol. The van der Waals surface area contributed by atoms with Crippen molar-refractivity contribution in [2.45, 2.75) is 51.7 Å². The van der Waals surface area contributed by atoms with Crippen LogP contribution in [0, 0.1) is 0 Å². The molecular formula is C22H31N3O5. The highest BCUT2D eigenvalue weighted by molar-refractivity contribution is 5.95. The molecule has 2 aliphatic heterocycles. The van der Waals surface area contributed by atoms with Gasteiger partial charge in [0, 0.05) is 31.9 Å². The first-order valence-corrected chi connectivity index (χ1v) is 10.3. The maximum atomic E-state index is 12.9. The molecule has 0 aliphatic carbocycles. The van der Waals surface area contributed by atoms with Gasteiger partial charge in [0.2, 0.25) is 0 Å². The Morgan fingerprint density at radius 1 is 1.13 bits per heavy atom. The van der Waals surface area contributed by atoms with E-state index in [9.17, 15) is 14.4 Å². The van der Waals surface area contributed by atoms with Crippen LogP contribution in [0.15, 0.2) is 24.3 Å². The number of urea groups is 1. The summed E-state index contributed by atoms with van der Waals surface area (Å²) in [5.41, 5.74) is 1.29. The maximum absolute atomic E-state index is 12.9. The molecule has 2 saturated heterocycles. The summed E-state index contributed by atoms with van der Waals surface area (Å²) >= 11 is 0. The zero-order chi connectivity index (χ0) is 22.1. The molecule has 1 aromatic rings. The number of ether oxygens (including phenoxy) is 2. The molecule has 8 heteroatoms. The van der Waals surface area contributed by atoms with E-state index < -0.39 is 5.60 Å². The molecule has 0 N–H and O–H groups in total. The average Bonchev–Trinajstić information content (AvgIpc) is 3.02. The zero-order valence-corrected chi connectivity index (χ0v) is 18.4. The van der Waals surface area contributed by atoms with Crippen molar-refractivity contribution in [2.75, 3.05) is 38.2 Å². The minimum absolute atomic E-state index is 0.0366. The summed E-state index contributed by atoms with van der Waals surface area (Å²) in [7, 11) is 1.38. The Hall–Kier alpha value is -2.77. The molecule has 30 heavy (non-hydrogen) atoms. The molecule has 2 atom stereocenters. The lowest BCUT2D eigenvalue weighted by Crippen LogP contribution is -2.54. The van der Waals surface area contributed by atoms with Gasteiger partial charge in [-0.1, -0.05) is 19.1 Å². The number of rotatable bonds is 4. The predicted octanol–water partition coefficient (Wildman–Crippen LogP) is 3.21. The highest BCUT2D eigenvalue weighted by Crippen LogP contribution is 2.29. The second-order valence-corrected chi connectivity index (χ2v) is 8.94. The number of piperazine rings is 1. The number of anilines is 1. The van der Waals surface area contributed by atoms with Gasteiger partial charge in [-0.15, -0.1) is 0 Å². The molecule has 0 bridgehead atoms. The fourth-order valence-corrected chi connectivity index (χ4v) is 3.85. The summed E-state index contributed by atoms with van der Waals surface area (Å²) in [6, 6.07) is 7.60. The summed E-state index contributed by atoms with van der Waals surface area (Å²) < 4.78 is 10.2. The normalized spacial score (nSPS) is 20.1. The van der Waals surface area contributed by atoms with Crippen molar-refractivity contribution in [3.8, 4) is 0 Å². The van der Waals surface area contributed by atoms with Gasteiger partial charge in [-0.05, 0) is 44.4 Å². The van der Waals surface area contributed by atoms with Crippen LogP contribution in [0.25, 0.3) is 0 Å². The van der Waals surface area contributed by atoms with Crippen LogP contribution in [0.2, 0.25) is 0 Å². The van der Waals surface area contributed by atoms with E-state index in [1.54, 1.807) is 9.80 Å². The standard InChI is InChI=1S/C22H31N3O5/c1-15(12-19(26)29-5)16-6-8-17(9-7-16)25-14-18-13-23(10-11-24(18)20(25)27)21(28)30-22(2,3)4/h6-9,15,18H,10-14H2,1-5H3. The maximum Gasteiger partial charge on any atom is 0.410 e. The first kappa shape index (κ1) is 21.9. The van der Waals surface area contributed by atoms with E-state index in [4.69, 9.17) is 9.47 Å². The van der Waals surface area contributed by atoms with Crippen molar-refractivity contribution in [2.24, 2.45) is 0 Å². The second kappa shape index (κ2) is 8.53. The molecule has 164 valence electrons. The van der Waals surface area contributed by atoms with Crippen molar-refractivity contribution in [3.63, 3.8) is 0 Å². The number of carbonyl (C=O) groups is 3. The number of methoxy groups -OCH3 is 1. The van der Waals surface area contributed by atoms with Gasteiger partial charge < -0.3 is 19.3 Å². The number of amides is 3. The van der Waals surface area contributed by atoms with Gasteiger partial charge in [-0.3, -0.25) is 9.69 Å². The number of fused-ring (bicyclic) bond motifs is 1. The SMILES string of the molecule is COC(=O)CC(C)c1ccc(N2CC3CN(C(=O)OC(C)(C)C)CCN3C2=O)cc1. The van der Waals surface area contributed by atoms with Crippen LogP contribution in [0.3, 0.4) is 0 Å². The topological polar surface area (TPSA) is 79.4 Å². The third-order valence-corrected chi connectivity index (χ3v) is 5.48. The largest absolute Gasteiger partial charge is 0.469 e. The number of esters is 1. The van der Waals surface area contributed by atoms with Crippen LogP contribution in [0.4, 0.5) is 15.3 Å². The van der Waals surface area contributed by atoms with Crippen LogP contribution in [-0.2, 0) is 14.3 Å². The molecule has 2 aliphatic rings. The van der Waals surface area contributed by atoms with Gasteiger partial charge in [-0.2, -0.15) is 0 Å². The quantitative estimate of drug-likeness (QED) is 0.703. The molecular weight excluding hydrogens is 386 g/mol. The zero-order valence-electron chi connectivity index (χ0n) is 18.4. The lowest BCUT2D eigenvalue weighted by molar-refractivity contribution is -0.140. The van der Waals surface area contributed by atoms with Crippen molar-refractivity contribution >= 4 is 23.8 Å². The average molecular weight is 418 g/mol. The molecule has 1 aromatic carbocycles. The Bertz CT molecular complexity index is 802. The van der Waals surface area contributed by atoms with Crippen LogP contribution in [0.1, 0.15) is 45.6 Å². The van der Waals surface area contributed by atoms with Gasteiger partial charge in [-0.25, -0.2) is 9.59 Å². The van der Waals surface area contributed by atoms with Gasteiger partial charge in [0.25, 0.3) is 0 Å². The summed E-state index contributed by atoms with van der Waals surface area (Å²) in [5.74, 6) is -0.206. The minimum atomic E-state index is -0.543. The Balaban J connectivity index is 1.65. The van der Waals surface area contributed by atoms with E-state index in [2.05, 4.69) is 0 Å². The van der Waals surface area contributed by atoms with E-state index in [1.165, 1.54) is 7.11 Å². The smallest absolute Gasteiger partial charge is 0.410 e. The predicted molar refractivity (Wildman–Crippen MR) is 113 cm³/mol. The van der Waals surface area contributed by atoms with Crippen LogP contribution in [-0.4, -0.2) is 72.8 Å². The lowest BCUT2D eigenvalue weighted by Gasteiger charge is -2.36. The minimum Gasteiger partial charge on any atom is -0.469 e. The molecule has 2 heterocycles. The van der Waals surface area contributed by atoms with Crippen LogP contribution in [0.5, 0.6) is 0 Å². The first-order valence-electron chi connectivity index (χ1n) is 10.3. The van der Waals surface area contributed by atoms with Gasteiger partial charge in [0.15, 0.2) is 0 Å². The molecule has 3 amide bonds. The second-order valence-electron chi connectivity index (χ2n) is 8.94. The number of nitrogens with zero attached hydrogens (tertiary/aromatic N) is 3. The van der Waals surface area contributed by atoms with E-state index in [0.29, 0.717) is 32.6 Å². The van der Waals surface area contributed by atoms with E-state index in [1.807, 2.05) is 56.9 Å². The van der Waals surface area contributed by atoms with Crippen molar-refractivity contribution in [3.05, 3.63) is 29.8 Å². The Labute approximate surface area is 177 Å². The fraction of sp³-hybridized carbons (Fsp3) is 0.591. The lowest BCUT2D eigenvalue weighted by atomic mass is 9.97. The van der Waals surface area contributed by atoms with Crippen LogP contribution >= 0.6 is 0 Å². The molecule has 2 fully saturated rings. The third kappa shape index (κ3) is 4.86. The number of hydrogen-bond donors (Lipinski definition) is 0. The third-order valence-electron chi connectivity index (χ3n) is 5.48. The number of carbonyl (C=O) groups excluding carboxylic acids is 3. The highest BCUT2D eigenvalue weighted by Gasteiger charge is 2.42. The van der Waals surface area contributed by atoms with E-state index in [-0.39, 0.29) is 30.1 Å². The molecule has 2 unspecified atom stereocenters. The summed E-state index contributed by atoms with van der Waals surface area (Å²) in [5, 5.41) is 0.